The molecule has 137 valence electrons. The summed E-state index contributed by atoms with van der Waals surface area (Å²) in [6.07, 6.45) is 24.5. The normalized spacial score (nSPS) is 9.92. The molecule has 0 heterocycles. The molecule has 0 fully saturated rings. The summed E-state index contributed by atoms with van der Waals surface area (Å²) >= 11 is 0. The lowest BCUT2D eigenvalue weighted by Gasteiger charge is -2.02. The van der Waals surface area contributed by atoms with Gasteiger partial charge in [-0.2, -0.15) is 0 Å². The smallest absolute Gasteiger partial charge is 0.00886 e. The Morgan fingerprint density at radius 3 is 1.25 bits per heavy atom. The van der Waals surface area contributed by atoms with Crippen LogP contribution in [0.15, 0.2) is 0 Å². The summed E-state index contributed by atoms with van der Waals surface area (Å²) < 4.78 is 0. The molecule has 0 saturated carbocycles. The first-order valence-electron chi connectivity index (χ1n) is 10.6. The van der Waals surface area contributed by atoms with Gasteiger partial charge in [-0.1, -0.05) is 84.5 Å². The molecule has 0 aliphatic rings. The van der Waals surface area contributed by atoms with Crippen LogP contribution in [0.5, 0.6) is 0 Å². The van der Waals surface area contributed by atoms with Gasteiger partial charge in [0.15, 0.2) is 0 Å². The van der Waals surface area contributed by atoms with E-state index in [-0.39, 0.29) is 0 Å². The second-order valence-corrected chi connectivity index (χ2v) is 6.67. The van der Waals surface area contributed by atoms with Gasteiger partial charge in [-0.25, -0.2) is 0 Å². The third-order valence-corrected chi connectivity index (χ3v) is 4.27. The van der Waals surface area contributed by atoms with Crippen LogP contribution in [0.1, 0.15) is 123 Å². The fraction of sp³-hybridized carbons (Fsp3) is 0.792. The molecule has 0 aliphatic heterocycles. The SMILES string of the molecule is CCC#CCCCCCCC[CH]CCCCCCCCC#CCC. The van der Waals surface area contributed by atoms with E-state index < -0.39 is 0 Å². The molecule has 1 radical (unpaired) electrons. The van der Waals surface area contributed by atoms with Crippen LogP contribution in [0, 0.1) is 30.1 Å². The summed E-state index contributed by atoms with van der Waals surface area (Å²) in [5.74, 6) is 12.7. The highest BCUT2D eigenvalue weighted by atomic mass is 14.0. The number of unbranched alkanes of at least 4 members (excludes halogenated alkanes) is 15. The standard InChI is InChI=1S/C24H41/c1-3-5-7-9-11-13-15-17-19-21-23-24-22-20-18-16-14-12-10-8-6-4-2/h23H,3-4,9-22,24H2,1-2H3. The van der Waals surface area contributed by atoms with E-state index in [0.29, 0.717) is 0 Å². The molecule has 0 aromatic carbocycles. The van der Waals surface area contributed by atoms with Crippen LogP contribution in [-0.4, -0.2) is 0 Å². The van der Waals surface area contributed by atoms with Crippen LogP contribution in [-0.2, 0) is 0 Å². The molecule has 0 spiro atoms. The van der Waals surface area contributed by atoms with Crippen LogP contribution < -0.4 is 0 Å². The quantitative estimate of drug-likeness (QED) is 0.212. The third-order valence-electron chi connectivity index (χ3n) is 4.27. The Hall–Kier alpha value is -0.880. The first kappa shape index (κ1) is 23.1. The van der Waals surface area contributed by atoms with E-state index in [9.17, 15) is 0 Å². The lowest BCUT2D eigenvalue weighted by atomic mass is 10.0. The third kappa shape index (κ3) is 21.1. The zero-order valence-corrected chi connectivity index (χ0v) is 16.6. The minimum Gasteiger partial charge on any atom is -0.104 e. The molecule has 24 heavy (non-hydrogen) atoms. The van der Waals surface area contributed by atoms with Gasteiger partial charge in [0, 0.05) is 25.7 Å². The van der Waals surface area contributed by atoms with Crippen LogP contribution in [0.25, 0.3) is 0 Å². The Labute approximate surface area is 153 Å². The molecule has 0 aliphatic carbocycles. The van der Waals surface area contributed by atoms with Crippen molar-refractivity contribution in [3.8, 4) is 23.7 Å². The highest BCUT2D eigenvalue weighted by Crippen LogP contribution is 2.13. The van der Waals surface area contributed by atoms with E-state index in [1.54, 1.807) is 0 Å². The Morgan fingerprint density at radius 1 is 0.458 bits per heavy atom. The summed E-state index contributed by atoms with van der Waals surface area (Å²) in [7, 11) is 0. The van der Waals surface area contributed by atoms with Crippen molar-refractivity contribution in [2.75, 3.05) is 0 Å². The largest absolute Gasteiger partial charge is 0.104 e. The maximum atomic E-state index is 3.23. The molecule has 0 aromatic heterocycles. The van der Waals surface area contributed by atoms with Crippen molar-refractivity contribution in [3.63, 3.8) is 0 Å². The Bertz CT molecular complexity index is 308. The number of rotatable bonds is 15. The molecule has 0 amide bonds. The molecule has 0 aromatic rings. The molecule has 0 heteroatoms. The van der Waals surface area contributed by atoms with Crippen molar-refractivity contribution in [2.24, 2.45) is 0 Å². The molecule has 0 unspecified atom stereocenters. The van der Waals surface area contributed by atoms with E-state index in [4.69, 9.17) is 0 Å². The summed E-state index contributed by atoms with van der Waals surface area (Å²) in [4.78, 5) is 0. The summed E-state index contributed by atoms with van der Waals surface area (Å²) in [5, 5.41) is 0. The molecule has 0 nitrogen and oxygen atoms in total. The van der Waals surface area contributed by atoms with Gasteiger partial charge in [-0.05, 0) is 19.3 Å². The van der Waals surface area contributed by atoms with E-state index >= 15 is 0 Å². The Kier molecular flexibility index (Phi) is 21.3. The Morgan fingerprint density at radius 2 is 0.833 bits per heavy atom. The van der Waals surface area contributed by atoms with Gasteiger partial charge in [-0.3, -0.25) is 0 Å². The molecule has 0 N–H and O–H groups in total. The summed E-state index contributed by atoms with van der Waals surface area (Å²) in [6.45, 7) is 4.24. The summed E-state index contributed by atoms with van der Waals surface area (Å²) in [6, 6.07) is 0. The van der Waals surface area contributed by atoms with Crippen molar-refractivity contribution in [1.82, 2.24) is 0 Å². The van der Waals surface area contributed by atoms with Crippen molar-refractivity contribution >= 4 is 0 Å². The summed E-state index contributed by atoms with van der Waals surface area (Å²) in [5.41, 5.74) is 0. The van der Waals surface area contributed by atoms with E-state index in [2.05, 4.69) is 44.0 Å². The molecule has 0 atom stereocenters. The van der Waals surface area contributed by atoms with Crippen molar-refractivity contribution in [2.45, 2.75) is 123 Å². The van der Waals surface area contributed by atoms with Gasteiger partial charge in [0.1, 0.15) is 0 Å². The molecule has 0 bridgehead atoms. The second kappa shape index (κ2) is 22.1. The average molecular weight is 330 g/mol. The topological polar surface area (TPSA) is 0 Å². The maximum absolute atomic E-state index is 3.23. The molecular formula is C24H41. The molecule has 0 rings (SSSR count). The maximum Gasteiger partial charge on any atom is 0.00886 e. The molecular weight excluding hydrogens is 288 g/mol. The highest BCUT2D eigenvalue weighted by molar-refractivity contribution is 4.97. The predicted molar refractivity (Wildman–Crippen MR) is 110 cm³/mol. The van der Waals surface area contributed by atoms with Crippen molar-refractivity contribution < 1.29 is 0 Å². The van der Waals surface area contributed by atoms with E-state index in [1.807, 2.05) is 0 Å². The first-order valence-corrected chi connectivity index (χ1v) is 10.6. The lowest BCUT2D eigenvalue weighted by Crippen LogP contribution is -1.84. The van der Waals surface area contributed by atoms with Gasteiger partial charge in [-0.15, -0.1) is 23.7 Å². The van der Waals surface area contributed by atoms with Crippen molar-refractivity contribution in [1.29, 1.82) is 0 Å². The highest BCUT2D eigenvalue weighted by Gasteiger charge is 1.94. The predicted octanol–water partition coefficient (Wildman–Crippen LogP) is 7.87. The van der Waals surface area contributed by atoms with Crippen LogP contribution in [0.3, 0.4) is 0 Å². The fourth-order valence-corrected chi connectivity index (χ4v) is 2.81. The second-order valence-electron chi connectivity index (χ2n) is 6.67. The Balaban J connectivity index is 3.02. The monoisotopic (exact) mass is 329 g/mol. The van der Waals surface area contributed by atoms with Gasteiger partial charge >= 0.3 is 0 Å². The minimum absolute atomic E-state index is 1.00. The van der Waals surface area contributed by atoms with Crippen LogP contribution >= 0.6 is 0 Å². The fourth-order valence-electron chi connectivity index (χ4n) is 2.81. The zero-order chi connectivity index (χ0) is 17.6. The van der Waals surface area contributed by atoms with Crippen molar-refractivity contribution in [3.05, 3.63) is 6.42 Å². The molecule has 0 saturated heterocycles. The van der Waals surface area contributed by atoms with Crippen LogP contribution in [0.2, 0.25) is 0 Å². The van der Waals surface area contributed by atoms with Gasteiger partial charge in [0.2, 0.25) is 0 Å². The first-order chi connectivity index (χ1) is 11.9. The number of hydrogen-bond acceptors (Lipinski definition) is 0. The average Bonchev–Trinajstić information content (AvgIpc) is 2.60. The van der Waals surface area contributed by atoms with Gasteiger partial charge < -0.3 is 0 Å². The van der Waals surface area contributed by atoms with Gasteiger partial charge in [0.25, 0.3) is 0 Å². The zero-order valence-electron chi connectivity index (χ0n) is 16.6. The lowest BCUT2D eigenvalue weighted by molar-refractivity contribution is 0.580. The van der Waals surface area contributed by atoms with E-state index in [0.717, 1.165) is 25.7 Å². The van der Waals surface area contributed by atoms with E-state index in [1.165, 1.54) is 83.5 Å². The van der Waals surface area contributed by atoms with Crippen LogP contribution in [0.4, 0.5) is 0 Å². The van der Waals surface area contributed by atoms with Gasteiger partial charge in [0.05, 0.1) is 0 Å². The minimum atomic E-state index is 1.00. The number of hydrogen-bond donors (Lipinski definition) is 0.